The minimum atomic E-state index is -4.29. The van der Waals surface area contributed by atoms with Gasteiger partial charge in [-0.15, -0.1) is 0 Å². The third-order valence-electron chi connectivity index (χ3n) is 5.59. The summed E-state index contributed by atoms with van der Waals surface area (Å²) >= 11 is 0. The molecule has 0 aliphatic heterocycles. The molecule has 1 aliphatic carbocycles. The molecule has 3 rings (SSSR count). The first kappa shape index (κ1) is 26.4. The van der Waals surface area contributed by atoms with Crippen LogP contribution in [-0.2, 0) is 29.4 Å². The van der Waals surface area contributed by atoms with Crippen molar-refractivity contribution in [2.75, 3.05) is 7.05 Å². The smallest absolute Gasteiger partial charge is 0.416 e. The van der Waals surface area contributed by atoms with Crippen LogP contribution in [0.25, 0.3) is 0 Å². The average Bonchev–Trinajstić information content (AvgIpc) is 3.20. The molecule has 1 aliphatic rings. The van der Waals surface area contributed by atoms with Gasteiger partial charge in [0.1, 0.15) is 6.54 Å². The number of furan rings is 1. The van der Waals surface area contributed by atoms with Crippen LogP contribution in [0.4, 0.5) is 13.2 Å². The fourth-order valence-corrected chi connectivity index (χ4v) is 4.33. The average molecular weight is 477 g/mol. The van der Waals surface area contributed by atoms with Crippen LogP contribution in [-0.4, -0.2) is 32.1 Å². The first-order chi connectivity index (χ1) is 14.9. The molecule has 1 fully saturated rings. The van der Waals surface area contributed by atoms with E-state index in [9.17, 15) is 26.1 Å². The zero-order valence-corrected chi connectivity index (χ0v) is 19.1. The molecule has 0 radical (unpaired) electrons. The lowest BCUT2D eigenvalue weighted by molar-refractivity contribution is -0.918. The Kier molecular flexibility index (Phi) is 9.75. The fourth-order valence-electron chi connectivity index (χ4n) is 3.69. The minimum Gasteiger partial charge on any atom is -0.735 e. The molecular formula is C22H31F3N2O4S. The first-order valence-corrected chi connectivity index (χ1v) is 12.1. The van der Waals surface area contributed by atoms with Crippen LogP contribution in [0.3, 0.4) is 0 Å². The zero-order valence-electron chi connectivity index (χ0n) is 18.3. The molecule has 32 heavy (non-hydrogen) atoms. The third kappa shape index (κ3) is 9.72. The second-order valence-electron chi connectivity index (χ2n) is 8.31. The van der Waals surface area contributed by atoms with Gasteiger partial charge in [-0.1, -0.05) is 37.5 Å². The Morgan fingerprint density at radius 3 is 2.44 bits per heavy atom. The maximum absolute atomic E-state index is 12.7. The standard InChI is InChI=1S/C16H18F3NO.C6H13NO3S/c1-12(20(2)11-15-7-4-8-21-15)9-13-5-3-6-14(10-13)16(17,18)19;8-11(9,10)7-6-4-2-1-3-5-6/h3-8,10,12H,9,11H2,1-2H3;6-7H,1-5H2,(H,8,9,10). The lowest BCUT2D eigenvalue weighted by Gasteiger charge is -2.23. The van der Waals surface area contributed by atoms with Gasteiger partial charge in [0.05, 0.1) is 24.9 Å². The highest BCUT2D eigenvalue weighted by atomic mass is 32.2. The summed E-state index contributed by atoms with van der Waals surface area (Å²) in [4.78, 5) is 1.20. The molecule has 1 heterocycles. The summed E-state index contributed by atoms with van der Waals surface area (Å²) < 4.78 is 76.2. The van der Waals surface area contributed by atoms with Crippen molar-refractivity contribution in [1.29, 1.82) is 0 Å². The van der Waals surface area contributed by atoms with Crippen LogP contribution in [0.1, 0.15) is 55.9 Å². The van der Waals surface area contributed by atoms with Crippen LogP contribution in [0.15, 0.2) is 47.1 Å². The van der Waals surface area contributed by atoms with E-state index in [0.29, 0.717) is 18.5 Å². The zero-order chi connectivity index (χ0) is 23.8. The van der Waals surface area contributed by atoms with Crippen LogP contribution in [0.2, 0.25) is 0 Å². The van der Waals surface area contributed by atoms with Crippen molar-refractivity contribution >= 4 is 10.3 Å². The number of nitrogens with one attached hydrogen (secondary N) is 2. The second kappa shape index (κ2) is 11.8. The number of likely N-dealkylation sites (N-methyl/N-ethyl adjacent to an activating group) is 1. The Morgan fingerprint density at radius 2 is 1.88 bits per heavy atom. The van der Waals surface area contributed by atoms with E-state index >= 15 is 0 Å². The molecule has 2 N–H and O–H groups in total. The largest absolute Gasteiger partial charge is 0.735 e. The lowest BCUT2D eigenvalue weighted by Crippen LogP contribution is -3.11. The van der Waals surface area contributed by atoms with Crippen molar-refractivity contribution in [2.45, 2.75) is 70.3 Å². The Bertz CT molecular complexity index is 912. The molecule has 180 valence electrons. The monoisotopic (exact) mass is 476 g/mol. The van der Waals surface area contributed by atoms with Gasteiger partial charge < -0.3 is 13.9 Å². The molecule has 1 aromatic heterocycles. The van der Waals surface area contributed by atoms with E-state index in [4.69, 9.17) is 4.42 Å². The molecule has 0 spiro atoms. The number of hydrogen-bond donors (Lipinski definition) is 2. The highest BCUT2D eigenvalue weighted by Gasteiger charge is 2.30. The molecule has 2 aromatic rings. The second-order valence-corrected chi connectivity index (χ2v) is 9.46. The van der Waals surface area contributed by atoms with E-state index < -0.39 is 22.0 Å². The topological polar surface area (TPSA) is 86.8 Å². The van der Waals surface area contributed by atoms with Gasteiger partial charge in [-0.05, 0) is 43.5 Å². The van der Waals surface area contributed by atoms with Crippen molar-refractivity contribution in [3.8, 4) is 0 Å². The van der Waals surface area contributed by atoms with Crippen molar-refractivity contribution in [1.82, 2.24) is 4.72 Å². The quantitative estimate of drug-likeness (QED) is 0.601. The summed E-state index contributed by atoms with van der Waals surface area (Å²) in [6.07, 6.45) is 2.74. The summed E-state index contributed by atoms with van der Waals surface area (Å²) in [5, 5.41) is 0. The fraction of sp³-hybridized carbons (Fsp3) is 0.545. The summed E-state index contributed by atoms with van der Waals surface area (Å²) in [5.74, 6) is 0.878. The number of hydrogen-bond acceptors (Lipinski definition) is 4. The van der Waals surface area contributed by atoms with Crippen molar-refractivity contribution in [3.63, 3.8) is 0 Å². The third-order valence-corrected chi connectivity index (χ3v) is 6.21. The van der Waals surface area contributed by atoms with Gasteiger partial charge >= 0.3 is 6.18 Å². The molecule has 0 bridgehead atoms. The number of benzene rings is 1. The van der Waals surface area contributed by atoms with Gasteiger partial charge in [0.25, 0.3) is 0 Å². The molecule has 0 amide bonds. The molecule has 2 atom stereocenters. The van der Waals surface area contributed by atoms with Gasteiger partial charge in [-0.2, -0.15) is 13.2 Å². The number of halogens is 3. The van der Waals surface area contributed by atoms with Crippen LogP contribution < -0.4 is 9.62 Å². The molecule has 0 saturated heterocycles. The van der Waals surface area contributed by atoms with Gasteiger partial charge in [0.2, 0.25) is 0 Å². The summed E-state index contributed by atoms with van der Waals surface area (Å²) in [5.41, 5.74) is 0.118. The van der Waals surface area contributed by atoms with E-state index in [2.05, 4.69) is 4.72 Å². The molecular weight excluding hydrogens is 445 g/mol. The lowest BCUT2D eigenvalue weighted by atomic mass is 9.96. The molecule has 1 aromatic carbocycles. The molecule has 10 heteroatoms. The number of rotatable bonds is 7. The predicted octanol–water partition coefficient (Wildman–Crippen LogP) is 3.31. The van der Waals surface area contributed by atoms with Crippen molar-refractivity contribution in [3.05, 3.63) is 59.5 Å². The van der Waals surface area contributed by atoms with Crippen LogP contribution in [0.5, 0.6) is 0 Å². The Labute approximate surface area is 187 Å². The predicted molar refractivity (Wildman–Crippen MR) is 114 cm³/mol. The Morgan fingerprint density at radius 1 is 1.19 bits per heavy atom. The van der Waals surface area contributed by atoms with E-state index in [1.54, 1.807) is 12.3 Å². The Balaban J connectivity index is 0.000000278. The van der Waals surface area contributed by atoms with E-state index in [1.807, 2.05) is 26.1 Å². The minimum absolute atomic E-state index is 0.105. The normalized spacial score (nSPS) is 17.3. The summed E-state index contributed by atoms with van der Waals surface area (Å²) in [6.45, 7) is 2.74. The van der Waals surface area contributed by atoms with Gasteiger partial charge in [0.15, 0.2) is 16.1 Å². The van der Waals surface area contributed by atoms with E-state index in [0.717, 1.165) is 43.9 Å². The first-order valence-electron chi connectivity index (χ1n) is 10.7. The maximum atomic E-state index is 12.7. The van der Waals surface area contributed by atoms with E-state index in [1.165, 1.54) is 17.0 Å². The van der Waals surface area contributed by atoms with Crippen molar-refractivity contribution in [2.24, 2.45) is 0 Å². The number of quaternary nitrogens is 1. The maximum Gasteiger partial charge on any atom is 0.416 e. The molecule has 2 unspecified atom stereocenters. The SMILES string of the molecule is CC(Cc1cccc(C(F)(F)F)c1)[NH+](C)Cc1ccco1.O=S(=O)([O-])NC1CCCCC1. The molecule has 1 saturated carbocycles. The van der Waals surface area contributed by atoms with Crippen molar-refractivity contribution < 1.29 is 35.5 Å². The van der Waals surface area contributed by atoms with Gasteiger partial charge in [-0.3, -0.25) is 0 Å². The van der Waals surface area contributed by atoms with Gasteiger partial charge in [-0.25, -0.2) is 13.1 Å². The van der Waals surface area contributed by atoms with Gasteiger partial charge in [0, 0.05) is 12.5 Å². The number of alkyl halides is 3. The summed E-state index contributed by atoms with van der Waals surface area (Å²) in [7, 11) is -2.21. The van der Waals surface area contributed by atoms with Crippen LogP contribution >= 0.6 is 0 Å². The molecule has 6 nitrogen and oxygen atoms in total. The Hall–Kier alpha value is -1.88. The van der Waals surface area contributed by atoms with E-state index in [-0.39, 0.29) is 12.1 Å². The van der Waals surface area contributed by atoms with Crippen LogP contribution in [0, 0.1) is 0 Å². The summed E-state index contributed by atoms with van der Waals surface area (Å²) in [6, 6.07) is 9.37. The highest BCUT2D eigenvalue weighted by molar-refractivity contribution is 7.83. The highest BCUT2D eigenvalue weighted by Crippen LogP contribution is 2.29.